The first kappa shape index (κ1) is 20.8. The highest BCUT2D eigenvalue weighted by molar-refractivity contribution is 6.37. The zero-order valence-corrected chi connectivity index (χ0v) is 17.7. The quantitative estimate of drug-likeness (QED) is 0.472. The van der Waals surface area contributed by atoms with Crippen LogP contribution < -0.4 is 0 Å². The molecule has 1 N–H and O–H groups in total. The molecule has 0 aliphatic heterocycles. The molecular formula is C21H15Cl2N5O3. The van der Waals surface area contributed by atoms with Crippen LogP contribution in [-0.2, 0) is 6.54 Å². The smallest absolute Gasteiger partial charge is 0.316 e. The number of hydrogen-bond acceptors (Lipinski definition) is 7. The van der Waals surface area contributed by atoms with Crippen LogP contribution in [0.2, 0.25) is 10.0 Å². The number of carbonyl (C=O) groups is 1. The van der Waals surface area contributed by atoms with Crippen LogP contribution >= 0.6 is 23.2 Å². The van der Waals surface area contributed by atoms with Gasteiger partial charge in [0.1, 0.15) is 6.33 Å². The first-order chi connectivity index (χ1) is 14.9. The highest BCUT2D eigenvalue weighted by Gasteiger charge is 2.21. The predicted octanol–water partition coefficient (Wildman–Crippen LogP) is 4.48. The lowest BCUT2D eigenvalue weighted by atomic mass is 10.1. The van der Waals surface area contributed by atoms with E-state index in [1.54, 1.807) is 19.4 Å². The maximum absolute atomic E-state index is 12.8. The second-order valence-corrected chi connectivity index (χ2v) is 7.51. The third kappa shape index (κ3) is 4.50. The molecule has 4 aromatic rings. The van der Waals surface area contributed by atoms with Crippen molar-refractivity contribution >= 4 is 29.1 Å². The molecule has 0 bridgehead atoms. The fourth-order valence-corrected chi connectivity index (χ4v) is 3.42. The van der Waals surface area contributed by atoms with Crippen molar-refractivity contribution < 1.29 is 14.4 Å². The van der Waals surface area contributed by atoms with E-state index in [4.69, 9.17) is 27.7 Å². The minimum atomic E-state index is -0.442. The number of phenols is 1. The zero-order chi connectivity index (χ0) is 22.0. The number of aromatic hydroxyl groups is 1. The summed E-state index contributed by atoms with van der Waals surface area (Å²) in [5, 5.41) is 13.6. The summed E-state index contributed by atoms with van der Waals surface area (Å²) < 4.78 is 5.13. The van der Waals surface area contributed by atoms with Gasteiger partial charge in [0.25, 0.3) is 0 Å². The molecule has 8 nitrogen and oxygen atoms in total. The summed E-state index contributed by atoms with van der Waals surface area (Å²) in [4.78, 5) is 26.4. The first-order valence-electron chi connectivity index (χ1n) is 9.04. The molecule has 2 heterocycles. The molecule has 0 fully saturated rings. The zero-order valence-electron chi connectivity index (χ0n) is 16.2. The van der Waals surface area contributed by atoms with Crippen LogP contribution in [0.3, 0.4) is 0 Å². The number of amides is 1. The number of hydrogen-bond donors (Lipinski definition) is 1. The summed E-state index contributed by atoms with van der Waals surface area (Å²) in [7, 11) is 1.64. The van der Waals surface area contributed by atoms with Crippen LogP contribution in [0.4, 0.5) is 0 Å². The van der Waals surface area contributed by atoms with E-state index < -0.39 is 5.91 Å². The Hall–Kier alpha value is -3.49. The molecule has 1 amide bonds. The normalized spacial score (nSPS) is 10.8. The minimum Gasteiger partial charge on any atom is -0.505 e. The van der Waals surface area contributed by atoms with E-state index in [1.807, 2.05) is 24.3 Å². The van der Waals surface area contributed by atoms with E-state index >= 15 is 0 Å². The van der Waals surface area contributed by atoms with Crippen molar-refractivity contribution in [2.75, 3.05) is 7.05 Å². The molecule has 0 aliphatic rings. The van der Waals surface area contributed by atoms with Crippen molar-refractivity contribution in [1.82, 2.24) is 25.0 Å². The Morgan fingerprint density at radius 3 is 2.48 bits per heavy atom. The topological polar surface area (TPSA) is 105 Å². The highest BCUT2D eigenvalue weighted by Crippen LogP contribution is 2.35. The molecule has 0 saturated carbocycles. The summed E-state index contributed by atoms with van der Waals surface area (Å²) in [6.45, 7) is 0.328. The molecule has 0 saturated heterocycles. The Bertz CT molecular complexity index is 1220. The second-order valence-electron chi connectivity index (χ2n) is 6.70. The molecule has 0 atom stereocenters. The Balaban J connectivity index is 1.51. The van der Waals surface area contributed by atoms with Gasteiger partial charge in [-0.2, -0.15) is 4.98 Å². The van der Waals surface area contributed by atoms with E-state index in [9.17, 15) is 9.90 Å². The van der Waals surface area contributed by atoms with Gasteiger partial charge in [-0.25, -0.2) is 9.97 Å². The monoisotopic (exact) mass is 455 g/mol. The number of aromatic nitrogens is 4. The fourth-order valence-electron chi connectivity index (χ4n) is 2.93. The van der Waals surface area contributed by atoms with E-state index in [0.717, 1.165) is 16.7 Å². The lowest BCUT2D eigenvalue weighted by molar-refractivity contribution is 0.0735. The number of phenolic OH excluding ortho intramolecular Hbond substituents is 1. The summed E-state index contributed by atoms with van der Waals surface area (Å²) in [5.41, 5.74) is 3.15. The van der Waals surface area contributed by atoms with Crippen molar-refractivity contribution in [3.8, 4) is 28.3 Å². The molecule has 0 radical (unpaired) electrons. The summed E-state index contributed by atoms with van der Waals surface area (Å²) in [6, 6.07) is 10.6. The van der Waals surface area contributed by atoms with E-state index in [2.05, 4.69) is 20.1 Å². The predicted molar refractivity (Wildman–Crippen MR) is 115 cm³/mol. The van der Waals surface area contributed by atoms with Gasteiger partial charge < -0.3 is 14.5 Å². The Morgan fingerprint density at radius 1 is 1.06 bits per heavy atom. The van der Waals surface area contributed by atoms with Gasteiger partial charge in [0.2, 0.25) is 5.82 Å². The van der Waals surface area contributed by atoms with Crippen LogP contribution in [0.5, 0.6) is 5.75 Å². The third-order valence-corrected chi connectivity index (χ3v) is 5.05. The largest absolute Gasteiger partial charge is 0.505 e. The van der Waals surface area contributed by atoms with Crippen LogP contribution in [0.15, 0.2) is 59.6 Å². The minimum absolute atomic E-state index is 0.0426. The van der Waals surface area contributed by atoms with Gasteiger partial charge in [-0.3, -0.25) is 4.79 Å². The van der Waals surface area contributed by atoms with Crippen molar-refractivity contribution in [2.45, 2.75) is 6.54 Å². The van der Waals surface area contributed by atoms with E-state index in [-0.39, 0.29) is 27.5 Å². The maximum atomic E-state index is 12.8. The average Bonchev–Trinajstić information content (AvgIpc) is 3.27. The highest BCUT2D eigenvalue weighted by atomic mass is 35.5. The fraction of sp³-hybridized carbons (Fsp3) is 0.0952. The third-order valence-electron chi connectivity index (χ3n) is 4.47. The van der Waals surface area contributed by atoms with Crippen LogP contribution in [0.1, 0.15) is 16.2 Å². The molecule has 2 aromatic carbocycles. The number of carbonyl (C=O) groups excluding carboxylic acids is 1. The van der Waals surface area contributed by atoms with Gasteiger partial charge in [-0.15, -0.1) is 0 Å². The molecule has 0 aliphatic carbocycles. The van der Waals surface area contributed by atoms with Gasteiger partial charge >= 0.3 is 11.8 Å². The molecule has 31 heavy (non-hydrogen) atoms. The van der Waals surface area contributed by atoms with Crippen molar-refractivity contribution in [2.24, 2.45) is 0 Å². The SMILES string of the molecule is CN(Cc1cccc(-c2cncnc2)c1)C(=O)c1nc(-c2cc(Cl)c(O)c(Cl)c2)no1. The lowest BCUT2D eigenvalue weighted by Crippen LogP contribution is -2.26. The van der Waals surface area contributed by atoms with Crippen molar-refractivity contribution in [3.63, 3.8) is 0 Å². The van der Waals surface area contributed by atoms with Gasteiger partial charge in [-0.05, 0) is 29.3 Å². The maximum Gasteiger partial charge on any atom is 0.316 e. The van der Waals surface area contributed by atoms with Gasteiger partial charge in [0.05, 0.1) is 10.0 Å². The van der Waals surface area contributed by atoms with E-state index in [0.29, 0.717) is 12.1 Å². The van der Waals surface area contributed by atoms with Gasteiger partial charge in [0.15, 0.2) is 5.75 Å². The lowest BCUT2D eigenvalue weighted by Gasteiger charge is -2.15. The van der Waals surface area contributed by atoms with Crippen molar-refractivity contribution in [3.05, 3.63) is 76.6 Å². The van der Waals surface area contributed by atoms with Gasteiger partial charge in [-0.1, -0.05) is 46.6 Å². The number of rotatable bonds is 5. The molecule has 10 heteroatoms. The Kier molecular flexibility index (Phi) is 5.83. The Labute approximate surface area is 187 Å². The standard InChI is InChI=1S/C21H15Cl2N5O3/c1-28(10-12-3-2-4-13(5-12)15-8-24-11-25-9-15)21(30)20-26-19(27-31-20)14-6-16(22)18(29)17(23)7-14/h2-9,11,29H,10H2,1H3. The Morgan fingerprint density at radius 2 is 1.77 bits per heavy atom. The molecule has 4 rings (SSSR count). The molecular weight excluding hydrogens is 441 g/mol. The first-order valence-corrected chi connectivity index (χ1v) is 9.80. The number of nitrogens with zero attached hydrogens (tertiary/aromatic N) is 5. The second kappa shape index (κ2) is 8.71. The van der Waals surface area contributed by atoms with Gasteiger partial charge in [0, 0.05) is 37.1 Å². The molecule has 0 unspecified atom stereocenters. The number of benzene rings is 2. The average molecular weight is 456 g/mol. The number of halogens is 2. The van der Waals surface area contributed by atoms with E-state index in [1.165, 1.54) is 23.4 Å². The van der Waals surface area contributed by atoms with Crippen LogP contribution in [0.25, 0.3) is 22.5 Å². The summed E-state index contributed by atoms with van der Waals surface area (Å²) >= 11 is 11.9. The molecule has 156 valence electrons. The molecule has 2 aromatic heterocycles. The summed E-state index contributed by atoms with van der Waals surface area (Å²) in [5.74, 6) is -0.726. The van der Waals surface area contributed by atoms with Crippen molar-refractivity contribution in [1.29, 1.82) is 0 Å². The van der Waals surface area contributed by atoms with Crippen LogP contribution in [0, 0.1) is 0 Å². The molecule has 0 spiro atoms. The summed E-state index contributed by atoms with van der Waals surface area (Å²) in [6.07, 6.45) is 4.92. The van der Waals surface area contributed by atoms with Crippen LogP contribution in [-0.4, -0.2) is 43.1 Å².